The summed E-state index contributed by atoms with van der Waals surface area (Å²) < 4.78 is 27.4. The fourth-order valence-corrected chi connectivity index (χ4v) is 6.19. The molecule has 4 heterocycles. The minimum absolute atomic E-state index is 0.0964. The van der Waals surface area contributed by atoms with Crippen molar-refractivity contribution in [3.63, 3.8) is 0 Å². The second-order valence-electron chi connectivity index (χ2n) is 10.2. The van der Waals surface area contributed by atoms with Gasteiger partial charge >= 0.3 is 6.03 Å². The van der Waals surface area contributed by atoms with Gasteiger partial charge in [-0.3, -0.25) is 14.6 Å². The molecule has 0 bridgehead atoms. The van der Waals surface area contributed by atoms with Gasteiger partial charge in [-0.15, -0.1) is 6.42 Å². The Kier molecular flexibility index (Phi) is 7.79. The number of aromatic nitrogens is 3. The van der Waals surface area contributed by atoms with Crippen LogP contribution in [0.25, 0.3) is 10.2 Å². The maximum Gasteiger partial charge on any atom is 0.323 e. The van der Waals surface area contributed by atoms with Crippen molar-refractivity contribution in [2.24, 2.45) is 10.4 Å². The topological polar surface area (TPSA) is 105 Å². The van der Waals surface area contributed by atoms with E-state index in [-0.39, 0.29) is 36.2 Å². The molecule has 0 aliphatic carbocycles. The molecule has 2 aromatic carbocycles. The number of anilines is 2. The number of ether oxygens (including phenoxy) is 1. The normalized spacial score (nSPS) is 15.4. The number of thiazole rings is 1. The van der Waals surface area contributed by atoms with E-state index in [1.54, 1.807) is 14.1 Å². The maximum atomic E-state index is 14.5. The third kappa shape index (κ3) is 5.79. The Hall–Kier alpha value is -4.28. The fourth-order valence-electron chi connectivity index (χ4n) is 4.50. The van der Waals surface area contributed by atoms with Crippen LogP contribution in [0.2, 0.25) is 0 Å². The molecule has 4 aromatic rings. The van der Waals surface area contributed by atoms with E-state index >= 15 is 0 Å². The zero-order valence-electron chi connectivity index (χ0n) is 23.0. The molecule has 10 nitrogen and oxygen atoms in total. The number of amides is 3. The van der Waals surface area contributed by atoms with Crippen LogP contribution in [0.3, 0.4) is 0 Å². The van der Waals surface area contributed by atoms with E-state index in [9.17, 15) is 14.0 Å². The first-order valence-corrected chi connectivity index (χ1v) is 14.3. The van der Waals surface area contributed by atoms with E-state index in [0.29, 0.717) is 21.4 Å². The highest BCUT2D eigenvalue weighted by atomic mass is 32.1. The van der Waals surface area contributed by atoms with Crippen LogP contribution in [0.15, 0.2) is 41.4 Å². The highest BCUT2D eigenvalue weighted by molar-refractivity contribution is 7.22. The van der Waals surface area contributed by atoms with Gasteiger partial charge in [-0.1, -0.05) is 43.2 Å². The number of carbonyl (C=O) groups excluding carboxylic acids is 2. The average molecular weight is 594 g/mol. The molecule has 0 unspecified atom stereocenters. The lowest BCUT2D eigenvalue weighted by atomic mass is 9.92. The van der Waals surface area contributed by atoms with Crippen molar-refractivity contribution in [1.82, 2.24) is 19.2 Å². The number of nitrogens with zero attached hydrogens (tertiary/aromatic N) is 6. The quantitative estimate of drug-likeness (QED) is 0.356. The van der Waals surface area contributed by atoms with Gasteiger partial charge in [0.25, 0.3) is 5.91 Å². The molecule has 2 aliphatic heterocycles. The summed E-state index contributed by atoms with van der Waals surface area (Å²) in [6.07, 6.45) is 6.22. The number of fused-ring (bicyclic) bond motifs is 3. The molecule has 0 radical (unpaired) electrons. The average Bonchev–Trinajstić information content (AvgIpc) is 3.63. The number of halogens is 1. The number of hydrogen-bond acceptors (Lipinski definition) is 8. The summed E-state index contributed by atoms with van der Waals surface area (Å²) in [6, 6.07) is 10.4. The van der Waals surface area contributed by atoms with Crippen molar-refractivity contribution in [3.8, 4) is 18.1 Å². The van der Waals surface area contributed by atoms with Gasteiger partial charge in [-0.05, 0) is 23.6 Å². The molecule has 13 heteroatoms. The van der Waals surface area contributed by atoms with E-state index < -0.39 is 5.82 Å². The SMILES string of the molecule is C#CCN1C(=O)COc2cc(F)c(/N=c3\snc4n3CC(C)(C)C4)cc21.CNC(=O)N(C)c1nc2ccccc2s1. The zero-order chi connectivity index (χ0) is 29.3. The number of benzene rings is 2. The molecule has 0 spiro atoms. The first-order chi connectivity index (χ1) is 19.6. The number of para-hydroxylation sites is 1. The summed E-state index contributed by atoms with van der Waals surface area (Å²) in [5.41, 5.74) is 1.60. The van der Waals surface area contributed by atoms with Crippen molar-refractivity contribution in [1.29, 1.82) is 0 Å². The summed E-state index contributed by atoms with van der Waals surface area (Å²) in [5.74, 6) is 2.92. The second-order valence-corrected chi connectivity index (χ2v) is 12.0. The molecule has 0 saturated carbocycles. The number of nitrogens with one attached hydrogen (secondary N) is 1. The van der Waals surface area contributed by atoms with Crippen LogP contribution >= 0.6 is 22.9 Å². The van der Waals surface area contributed by atoms with Crippen LogP contribution in [0, 0.1) is 23.6 Å². The summed E-state index contributed by atoms with van der Waals surface area (Å²) in [7, 11) is 3.31. The van der Waals surface area contributed by atoms with Crippen LogP contribution in [-0.4, -0.2) is 53.1 Å². The smallest absolute Gasteiger partial charge is 0.323 e. The highest BCUT2D eigenvalue weighted by Gasteiger charge is 2.31. The molecule has 3 amide bonds. The van der Waals surface area contributed by atoms with Gasteiger partial charge < -0.3 is 14.6 Å². The van der Waals surface area contributed by atoms with E-state index in [4.69, 9.17) is 11.2 Å². The number of urea groups is 1. The van der Waals surface area contributed by atoms with Gasteiger partial charge in [-0.2, -0.15) is 4.37 Å². The number of carbonyl (C=O) groups is 2. The Balaban J connectivity index is 0.000000191. The minimum Gasteiger partial charge on any atom is -0.481 e. The number of rotatable bonds is 3. The van der Waals surface area contributed by atoms with Crippen molar-refractivity contribution < 1.29 is 18.7 Å². The standard InChI is InChI=1S/C18H17FN4O2S.C10H11N3OS/c1-4-5-22-13-7-12(11(19)6-14(13)25-9-16(22)24)20-17-23-10-18(2,3)8-15(23)21-26-17;1-11-9(14)13(2)10-12-7-5-3-4-6-8(7)15-10/h1,6-7H,5,8-10H2,2-3H3;3-6H,1-2H3,(H,11,14)/b20-17-;. The van der Waals surface area contributed by atoms with Gasteiger partial charge in [0.15, 0.2) is 17.6 Å². The maximum absolute atomic E-state index is 14.5. The first-order valence-electron chi connectivity index (χ1n) is 12.7. The third-order valence-corrected chi connectivity index (χ3v) is 8.41. The molecular formula is C28H28FN7O3S2. The van der Waals surface area contributed by atoms with Gasteiger partial charge in [0.1, 0.15) is 17.3 Å². The first kappa shape index (κ1) is 28.3. The summed E-state index contributed by atoms with van der Waals surface area (Å²) in [5, 5.41) is 3.27. The van der Waals surface area contributed by atoms with Gasteiger partial charge in [-0.25, -0.2) is 19.2 Å². The molecule has 0 saturated heterocycles. The van der Waals surface area contributed by atoms with Gasteiger partial charge in [0, 0.05) is 44.7 Å². The predicted octanol–water partition coefficient (Wildman–Crippen LogP) is 4.33. The zero-order valence-corrected chi connectivity index (χ0v) is 24.6. The van der Waals surface area contributed by atoms with E-state index in [1.807, 2.05) is 28.8 Å². The molecule has 41 heavy (non-hydrogen) atoms. The minimum atomic E-state index is -0.515. The summed E-state index contributed by atoms with van der Waals surface area (Å²) in [4.78, 5) is 35.8. The largest absolute Gasteiger partial charge is 0.481 e. The van der Waals surface area contributed by atoms with Crippen molar-refractivity contribution in [3.05, 3.63) is 52.8 Å². The number of terminal acetylenes is 1. The Morgan fingerprint density at radius 1 is 1.34 bits per heavy atom. The summed E-state index contributed by atoms with van der Waals surface area (Å²) >= 11 is 2.74. The van der Waals surface area contributed by atoms with Crippen LogP contribution < -0.4 is 24.7 Å². The molecular weight excluding hydrogens is 565 g/mol. The molecule has 1 N–H and O–H groups in total. The van der Waals surface area contributed by atoms with Crippen LogP contribution in [0.1, 0.15) is 19.7 Å². The molecule has 2 aliphatic rings. The predicted molar refractivity (Wildman–Crippen MR) is 158 cm³/mol. The Morgan fingerprint density at radius 2 is 2.12 bits per heavy atom. The van der Waals surface area contributed by atoms with Crippen LogP contribution in [-0.2, 0) is 17.8 Å². The molecule has 212 valence electrons. The van der Waals surface area contributed by atoms with E-state index in [0.717, 1.165) is 29.0 Å². The Bertz CT molecular complexity index is 1720. The Labute approximate surface area is 244 Å². The number of hydrogen-bond donors (Lipinski definition) is 1. The fraction of sp³-hybridized carbons (Fsp3) is 0.321. The monoisotopic (exact) mass is 593 g/mol. The van der Waals surface area contributed by atoms with E-state index in [1.165, 1.54) is 44.8 Å². The lowest BCUT2D eigenvalue weighted by Crippen LogP contribution is -2.39. The summed E-state index contributed by atoms with van der Waals surface area (Å²) in [6.45, 7) is 5.05. The molecule has 0 fully saturated rings. The highest BCUT2D eigenvalue weighted by Crippen LogP contribution is 2.37. The second kappa shape index (κ2) is 11.3. The van der Waals surface area contributed by atoms with Gasteiger partial charge in [0.05, 0.1) is 22.4 Å². The third-order valence-electron chi connectivity index (χ3n) is 6.52. The lowest BCUT2D eigenvalue weighted by molar-refractivity contribution is -0.121. The van der Waals surface area contributed by atoms with E-state index in [2.05, 4.69) is 39.4 Å². The van der Waals surface area contributed by atoms with Gasteiger partial charge in [0.2, 0.25) is 4.80 Å². The lowest BCUT2D eigenvalue weighted by Gasteiger charge is -2.28. The molecule has 2 aromatic heterocycles. The van der Waals surface area contributed by atoms with Crippen molar-refractivity contribution >= 4 is 61.5 Å². The molecule has 0 atom stereocenters. The molecule has 6 rings (SSSR count). The van der Waals surface area contributed by atoms with Crippen LogP contribution in [0.4, 0.5) is 25.7 Å². The van der Waals surface area contributed by atoms with Crippen LogP contribution in [0.5, 0.6) is 5.75 Å². The van der Waals surface area contributed by atoms with Crippen molar-refractivity contribution in [2.75, 3.05) is 37.0 Å². The Morgan fingerprint density at radius 3 is 2.85 bits per heavy atom. The van der Waals surface area contributed by atoms with Crippen molar-refractivity contribution in [2.45, 2.75) is 26.8 Å².